The molecule has 0 unspecified atom stereocenters. The molecule has 150 valence electrons. The van der Waals surface area contributed by atoms with Gasteiger partial charge in [0.15, 0.2) is 5.76 Å². The smallest absolute Gasteiger partial charge is 0.334 e. The highest BCUT2D eigenvalue weighted by atomic mass is 32.1. The van der Waals surface area contributed by atoms with Gasteiger partial charge in [-0.3, -0.25) is 9.59 Å². The second kappa shape index (κ2) is 9.20. The van der Waals surface area contributed by atoms with Crippen molar-refractivity contribution in [3.8, 4) is 5.75 Å². The third-order valence-corrected chi connectivity index (χ3v) is 4.90. The summed E-state index contributed by atoms with van der Waals surface area (Å²) in [5, 5.41) is 7.23. The van der Waals surface area contributed by atoms with Crippen LogP contribution in [0.5, 0.6) is 5.75 Å². The molecule has 0 spiro atoms. The maximum absolute atomic E-state index is 12.5. The van der Waals surface area contributed by atoms with Crippen LogP contribution >= 0.6 is 11.3 Å². The molecule has 3 aromatic rings. The van der Waals surface area contributed by atoms with Crippen molar-refractivity contribution in [2.75, 3.05) is 5.32 Å². The minimum atomic E-state index is -0.842. The lowest BCUT2D eigenvalue weighted by Gasteiger charge is -2.20. The lowest BCUT2D eigenvalue weighted by Crippen LogP contribution is -2.46. The number of esters is 1. The Hall–Kier alpha value is -3.39. The quantitative estimate of drug-likeness (QED) is 0.452. The Kier molecular flexibility index (Phi) is 6.46. The topological polar surface area (TPSA) is 97.6 Å². The van der Waals surface area contributed by atoms with Crippen LogP contribution in [0.25, 0.3) is 0 Å². The van der Waals surface area contributed by atoms with Gasteiger partial charge in [0.1, 0.15) is 11.8 Å². The van der Waals surface area contributed by atoms with Crippen molar-refractivity contribution in [2.45, 2.75) is 19.9 Å². The fourth-order valence-electron chi connectivity index (χ4n) is 2.50. The maximum Gasteiger partial charge on any atom is 0.334 e. The van der Waals surface area contributed by atoms with Crippen LogP contribution in [-0.2, 0) is 4.79 Å². The van der Waals surface area contributed by atoms with Crippen molar-refractivity contribution in [3.05, 3.63) is 70.8 Å². The van der Waals surface area contributed by atoms with Gasteiger partial charge in [-0.15, -0.1) is 11.3 Å². The highest BCUT2D eigenvalue weighted by molar-refractivity contribution is 7.12. The van der Waals surface area contributed by atoms with Gasteiger partial charge < -0.3 is 19.8 Å². The zero-order valence-electron chi connectivity index (χ0n) is 15.9. The standard InChI is InChI=1S/C21H20N2O5S/c1-13(2)18(23-19(24)16-5-3-11-27-16)21(26)28-15-9-7-14(8-10-15)22-20(25)17-6-4-12-29-17/h3-13,18H,1-2H3,(H,22,25)(H,23,24)/t18-/m0/s1. The van der Waals surface area contributed by atoms with Crippen LogP contribution < -0.4 is 15.4 Å². The van der Waals surface area contributed by atoms with E-state index in [1.165, 1.54) is 23.7 Å². The second-order valence-electron chi connectivity index (χ2n) is 6.55. The second-order valence-corrected chi connectivity index (χ2v) is 7.50. The van der Waals surface area contributed by atoms with Gasteiger partial charge in [0, 0.05) is 5.69 Å². The summed E-state index contributed by atoms with van der Waals surface area (Å²) < 4.78 is 10.4. The SMILES string of the molecule is CC(C)[C@H](NC(=O)c1ccco1)C(=O)Oc1ccc(NC(=O)c2cccs2)cc1. The third-order valence-electron chi connectivity index (χ3n) is 4.03. The number of hydrogen-bond acceptors (Lipinski definition) is 6. The molecular weight excluding hydrogens is 392 g/mol. The average molecular weight is 412 g/mol. The summed E-state index contributed by atoms with van der Waals surface area (Å²) in [6.45, 7) is 3.61. The third kappa shape index (κ3) is 5.32. The van der Waals surface area contributed by atoms with E-state index in [1.54, 1.807) is 56.3 Å². The van der Waals surface area contributed by atoms with Crippen molar-refractivity contribution in [1.29, 1.82) is 0 Å². The molecule has 0 saturated heterocycles. The number of ether oxygens (including phenoxy) is 1. The predicted octanol–water partition coefficient (Wildman–Crippen LogP) is 3.95. The molecule has 2 amide bonds. The van der Waals surface area contributed by atoms with Crippen LogP contribution in [0, 0.1) is 5.92 Å². The summed E-state index contributed by atoms with van der Waals surface area (Å²) in [5.41, 5.74) is 0.578. The zero-order chi connectivity index (χ0) is 20.8. The first-order chi connectivity index (χ1) is 13.9. The van der Waals surface area contributed by atoms with Crippen molar-refractivity contribution in [3.63, 3.8) is 0 Å². The van der Waals surface area contributed by atoms with Gasteiger partial charge in [0.05, 0.1) is 11.1 Å². The van der Waals surface area contributed by atoms with E-state index < -0.39 is 17.9 Å². The molecule has 0 bridgehead atoms. The predicted molar refractivity (Wildman–Crippen MR) is 109 cm³/mol. The Bertz CT molecular complexity index is 963. The maximum atomic E-state index is 12.5. The highest BCUT2D eigenvalue weighted by Crippen LogP contribution is 2.19. The summed E-state index contributed by atoms with van der Waals surface area (Å²) in [6.07, 6.45) is 1.39. The molecule has 7 nitrogen and oxygen atoms in total. The monoisotopic (exact) mass is 412 g/mol. The number of rotatable bonds is 7. The van der Waals surface area contributed by atoms with E-state index in [0.29, 0.717) is 16.3 Å². The van der Waals surface area contributed by atoms with Crippen LogP contribution in [-0.4, -0.2) is 23.8 Å². The van der Waals surface area contributed by atoms with Gasteiger partial charge in [-0.2, -0.15) is 0 Å². The number of carbonyl (C=O) groups excluding carboxylic acids is 3. The summed E-state index contributed by atoms with van der Waals surface area (Å²) in [7, 11) is 0. The molecule has 2 heterocycles. The van der Waals surface area contributed by atoms with Crippen LogP contribution in [0.2, 0.25) is 0 Å². The van der Waals surface area contributed by atoms with Gasteiger partial charge in [0.25, 0.3) is 11.8 Å². The fraction of sp³-hybridized carbons (Fsp3) is 0.190. The number of nitrogens with one attached hydrogen (secondary N) is 2. The Labute approximate surface area is 171 Å². The zero-order valence-corrected chi connectivity index (χ0v) is 16.7. The molecule has 1 atom stereocenters. The molecule has 3 rings (SSSR count). The van der Waals surface area contributed by atoms with Crippen molar-refractivity contribution >= 4 is 34.8 Å². The molecule has 0 aliphatic rings. The molecule has 0 fully saturated rings. The van der Waals surface area contributed by atoms with Gasteiger partial charge in [-0.25, -0.2) is 4.79 Å². The van der Waals surface area contributed by atoms with E-state index in [4.69, 9.17) is 9.15 Å². The van der Waals surface area contributed by atoms with Crippen LogP contribution in [0.15, 0.2) is 64.6 Å². The Morgan fingerprint density at radius 1 is 1.00 bits per heavy atom. The van der Waals surface area contributed by atoms with Crippen molar-refractivity contribution < 1.29 is 23.5 Å². The van der Waals surface area contributed by atoms with Gasteiger partial charge in [-0.1, -0.05) is 19.9 Å². The number of benzene rings is 1. The largest absolute Gasteiger partial charge is 0.459 e. The molecular formula is C21H20N2O5S. The van der Waals surface area contributed by atoms with E-state index in [-0.39, 0.29) is 17.6 Å². The molecule has 0 aliphatic heterocycles. The van der Waals surface area contributed by atoms with Crippen molar-refractivity contribution in [1.82, 2.24) is 5.32 Å². The van der Waals surface area contributed by atoms with Gasteiger partial charge >= 0.3 is 5.97 Å². The average Bonchev–Trinajstić information content (AvgIpc) is 3.40. The molecule has 29 heavy (non-hydrogen) atoms. The number of anilines is 1. The number of hydrogen-bond donors (Lipinski definition) is 2. The van der Waals surface area contributed by atoms with Crippen LogP contribution in [0.1, 0.15) is 34.1 Å². The summed E-state index contributed by atoms with van der Waals surface area (Å²) >= 11 is 1.35. The van der Waals surface area contributed by atoms with Crippen LogP contribution in [0.4, 0.5) is 5.69 Å². The number of amides is 2. The number of carbonyl (C=O) groups is 3. The minimum absolute atomic E-state index is 0.120. The molecule has 1 aromatic carbocycles. The van der Waals surface area contributed by atoms with E-state index in [9.17, 15) is 14.4 Å². The first-order valence-corrected chi connectivity index (χ1v) is 9.83. The molecule has 0 radical (unpaired) electrons. The van der Waals surface area contributed by atoms with E-state index in [2.05, 4.69) is 10.6 Å². The molecule has 2 N–H and O–H groups in total. The number of furan rings is 1. The number of thiophene rings is 1. The fourth-order valence-corrected chi connectivity index (χ4v) is 3.12. The van der Waals surface area contributed by atoms with E-state index in [0.717, 1.165) is 0 Å². The van der Waals surface area contributed by atoms with E-state index >= 15 is 0 Å². The molecule has 0 saturated carbocycles. The normalized spacial score (nSPS) is 11.7. The summed E-state index contributed by atoms with van der Waals surface area (Å²) in [6, 6.07) is 12.2. The Balaban J connectivity index is 1.60. The first kappa shape index (κ1) is 20.3. The van der Waals surface area contributed by atoms with Gasteiger partial charge in [-0.05, 0) is 53.8 Å². The lowest BCUT2D eigenvalue weighted by molar-refractivity contribution is -0.137. The van der Waals surface area contributed by atoms with E-state index in [1.807, 2.05) is 5.38 Å². The minimum Gasteiger partial charge on any atom is -0.459 e. The summed E-state index contributed by atoms with van der Waals surface area (Å²) in [5.74, 6) is -1.04. The Morgan fingerprint density at radius 2 is 1.76 bits per heavy atom. The first-order valence-electron chi connectivity index (χ1n) is 8.95. The molecule has 0 aliphatic carbocycles. The summed E-state index contributed by atoms with van der Waals surface area (Å²) in [4.78, 5) is 37.4. The molecule has 8 heteroatoms. The van der Waals surface area contributed by atoms with Crippen LogP contribution in [0.3, 0.4) is 0 Å². The lowest BCUT2D eigenvalue weighted by atomic mass is 10.0. The van der Waals surface area contributed by atoms with Gasteiger partial charge in [0.2, 0.25) is 0 Å². The highest BCUT2D eigenvalue weighted by Gasteiger charge is 2.27. The van der Waals surface area contributed by atoms with Crippen molar-refractivity contribution in [2.24, 2.45) is 5.92 Å². The Morgan fingerprint density at radius 3 is 2.34 bits per heavy atom. The molecule has 2 aromatic heterocycles.